The van der Waals surface area contributed by atoms with E-state index in [1.807, 2.05) is 62.4 Å². The van der Waals surface area contributed by atoms with Gasteiger partial charge in [0.2, 0.25) is 0 Å². The van der Waals surface area contributed by atoms with Gasteiger partial charge in [0.15, 0.2) is 0 Å². The molecule has 1 heterocycles. The van der Waals surface area contributed by atoms with Crippen molar-refractivity contribution in [2.24, 2.45) is 0 Å². The van der Waals surface area contributed by atoms with E-state index in [-0.39, 0.29) is 5.91 Å². The average molecular weight is 391 g/mol. The summed E-state index contributed by atoms with van der Waals surface area (Å²) < 4.78 is 10.8. The molecule has 0 bridgehead atoms. The van der Waals surface area contributed by atoms with Gasteiger partial charge in [-0.1, -0.05) is 12.1 Å². The van der Waals surface area contributed by atoms with Crippen molar-refractivity contribution < 1.29 is 14.3 Å². The monoisotopic (exact) mass is 391 g/mol. The molecule has 6 heteroatoms. The Kier molecular flexibility index (Phi) is 6.68. The summed E-state index contributed by atoms with van der Waals surface area (Å²) >= 11 is 0. The highest BCUT2D eigenvalue weighted by Crippen LogP contribution is 2.19. The largest absolute Gasteiger partial charge is 0.497 e. The molecule has 2 aromatic carbocycles. The molecule has 0 aliphatic carbocycles. The van der Waals surface area contributed by atoms with Crippen molar-refractivity contribution in [3.05, 3.63) is 77.6 Å². The smallest absolute Gasteiger partial charge is 0.274 e. The number of nitrogens with one attached hydrogen (secondary N) is 2. The van der Waals surface area contributed by atoms with E-state index in [4.69, 9.17) is 9.47 Å². The van der Waals surface area contributed by atoms with Gasteiger partial charge in [-0.15, -0.1) is 0 Å². The minimum atomic E-state index is -0.229. The van der Waals surface area contributed by atoms with Crippen LogP contribution < -0.4 is 20.1 Å². The molecule has 0 spiro atoms. The van der Waals surface area contributed by atoms with Gasteiger partial charge >= 0.3 is 0 Å². The number of benzene rings is 2. The molecule has 6 nitrogen and oxygen atoms in total. The number of aromatic nitrogens is 1. The van der Waals surface area contributed by atoms with Crippen molar-refractivity contribution >= 4 is 17.3 Å². The second-order valence-electron chi connectivity index (χ2n) is 6.58. The van der Waals surface area contributed by atoms with Gasteiger partial charge in [-0.05, 0) is 67.4 Å². The van der Waals surface area contributed by atoms with Crippen LogP contribution in [0.2, 0.25) is 0 Å². The molecule has 0 aliphatic rings. The average Bonchev–Trinajstić information content (AvgIpc) is 2.75. The van der Waals surface area contributed by atoms with Crippen LogP contribution in [0.25, 0.3) is 0 Å². The minimum absolute atomic E-state index is 0.229. The summed E-state index contributed by atoms with van der Waals surface area (Å²) in [4.78, 5) is 16.7. The molecular weight excluding hydrogens is 366 g/mol. The van der Waals surface area contributed by atoms with Gasteiger partial charge in [0, 0.05) is 12.2 Å². The molecule has 2 N–H and O–H groups in total. The van der Waals surface area contributed by atoms with Crippen LogP contribution in [0.3, 0.4) is 0 Å². The van der Waals surface area contributed by atoms with Gasteiger partial charge in [0.05, 0.1) is 19.0 Å². The van der Waals surface area contributed by atoms with Crippen molar-refractivity contribution in [1.29, 1.82) is 0 Å². The summed E-state index contributed by atoms with van der Waals surface area (Å²) in [6.45, 7) is 5.12. The maximum absolute atomic E-state index is 12.4. The van der Waals surface area contributed by atoms with E-state index in [1.54, 1.807) is 19.4 Å². The summed E-state index contributed by atoms with van der Waals surface area (Å²) in [5, 5.41) is 6.14. The van der Waals surface area contributed by atoms with Gasteiger partial charge in [0.25, 0.3) is 5.91 Å². The lowest BCUT2D eigenvalue weighted by molar-refractivity contribution is 0.102. The molecule has 0 saturated heterocycles. The summed E-state index contributed by atoms with van der Waals surface area (Å²) in [5.74, 6) is 1.35. The number of rotatable bonds is 8. The number of carbonyl (C=O) groups excluding carboxylic acids is 1. The molecule has 3 rings (SSSR count). The summed E-state index contributed by atoms with van der Waals surface area (Å²) in [6.07, 6.45) is 1.64. The number of pyridine rings is 1. The second-order valence-corrected chi connectivity index (χ2v) is 6.58. The highest BCUT2D eigenvalue weighted by molar-refractivity contribution is 6.03. The van der Waals surface area contributed by atoms with E-state index in [2.05, 4.69) is 15.6 Å². The summed E-state index contributed by atoms with van der Waals surface area (Å²) in [5.41, 5.74) is 4.18. The highest BCUT2D eigenvalue weighted by atomic mass is 16.5. The van der Waals surface area contributed by atoms with Crippen LogP contribution >= 0.6 is 0 Å². The zero-order valence-corrected chi connectivity index (χ0v) is 16.9. The number of hydrogen-bond acceptors (Lipinski definition) is 5. The number of amides is 1. The predicted octanol–water partition coefficient (Wildman–Crippen LogP) is 4.45. The van der Waals surface area contributed by atoms with Gasteiger partial charge in [-0.2, -0.15) is 0 Å². The Morgan fingerprint density at radius 3 is 2.45 bits per heavy atom. The first-order valence-corrected chi connectivity index (χ1v) is 9.41. The van der Waals surface area contributed by atoms with Gasteiger partial charge in [0.1, 0.15) is 23.8 Å². The van der Waals surface area contributed by atoms with E-state index >= 15 is 0 Å². The number of hydrogen-bond donors (Lipinski definition) is 2. The van der Waals surface area contributed by atoms with Crippen molar-refractivity contribution in [2.45, 2.75) is 13.8 Å². The molecule has 1 amide bonds. The Morgan fingerprint density at radius 1 is 1.00 bits per heavy atom. The summed E-state index contributed by atoms with van der Waals surface area (Å²) in [6, 6.07) is 16.8. The van der Waals surface area contributed by atoms with Crippen LogP contribution in [0.4, 0.5) is 11.4 Å². The zero-order valence-electron chi connectivity index (χ0n) is 16.9. The lowest BCUT2D eigenvalue weighted by Crippen LogP contribution is -2.15. The maximum atomic E-state index is 12.4. The molecule has 29 heavy (non-hydrogen) atoms. The molecule has 0 saturated carbocycles. The fourth-order valence-electron chi connectivity index (χ4n) is 2.74. The van der Waals surface area contributed by atoms with Crippen LogP contribution in [-0.4, -0.2) is 31.2 Å². The van der Waals surface area contributed by atoms with Crippen LogP contribution in [-0.2, 0) is 0 Å². The molecule has 1 aromatic heterocycles. The third kappa shape index (κ3) is 5.48. The molecule has 0 atom stereocenters. The Hall–Kier alpha value is -3.54. The molecule has 0 aliphatic heterocycles. The molecular formula is C23H25N3O3. The Morgan fingerprint density at radius 2 is 1.76 bits per heavy atom. The number of aryl methyl sites for hydroxylation is 1. The van der Waals surface area contributed by atoms with Gasteiger partial charge in [-0.25, -0.2) is 4.98 Å². The number of methoxy groups -OCH3 is 1. The topological polar surface area (TPSA) is 72.5 Å². The van der Waals surface area contributed by atoms with Gasteiger partial charge in [-0.3, -0.25) is 4.79 Å². The second kappa shape index (κ2) is 9.59. The van der Waals surface area contributed by atoms with E-state index in [0.717, 1.165) is 34.0 Å². The van der Waals surface area contributed by atoms with E-state index in [0.29, 0.717) is 18.8 Å². The van der Waals surface area contributed by atoms with Crippen LogP contribution in [0, 0.1) is 13.8 Å². The fourth-order valence-corrected chi connectivity index (χ4v) is 2.74. The van der Waals surface area contributed by atoms with Crippen LogP contribution in [0.1, 0.15) is 21.6 Å². The summed E-state index contributed by atoms with van der Waals surface area (Å²) in [7, 11) is 1.63. The van der Waals surface area contributed by atoms with Crippen LogP contribution in [0.5, 0.6) is 11.5 Å². The fraction of sp³-hybridized carbons (Fsp3) is 0.217. The first-order chi connectivity index (χ1) is 14.1. The predicted molar refractivity (Wildman–Crippen MR) is 115 cm³/mol. The number of carbonyl (C=O) groups is 1. The van der Waals surface area contributed by atoms with E-state index in [1.165, 1.54) is 0 Å². The van der Waals surface area contributed by atoms with Crippen molar-refractivity contribution in [2.75, 3.05) is 30.9 Å². The van der Waals surface area contributed by atoms with Crippen LogP contribution in [0.15, 0.2) is 60.8 Å². The molecule has 0 radical (unpaired) electrons. The van der Waals surface area contributed by atoms with E-state index < -0.39 is 0 Å². The quantitative estimate of drug-likeness (QED) is 0.555. The van der Waals surface area contributed by atoms with Crippen molar-refractivity contribution in [1.82, 2.24) is 4.98 Å². The van der Waals surface area contributed by atoms with E-state index in [9.17, 15) is 4.79 Å². The Bertz CT molecular complexity index is 954. The third-order valence-electron chi connectivity index (χ3n) is 4.61. The number of ether oxygens (including phenoxy) is 2. The third-order valence-corrected chi connectivity index (χ3v) is 4.61. The molecule has 3 aromatic rings. The lowest BCUT2D eigenvalue weighted by Gasteiger charge is -2.11. The van der Waals surface area contributed by atoms with Crippen molar-refractivity contribution in [3.63, 3.8) is 0 Å². The maximum Gasteiger partial charge on any atom is 0.274 e. The SMILES string of the molecule is COc1ccc(OCCNc2ccc(C(=O)Nc3cccc(C)c3C)nc2)cc1. The van der Waals surface area contributed by atoms with Crippen molar-refractivity contribution in [3.8, 4) is 11.5 Å². The van der Waals surface area contributed by atoms with Gasteiger partial charge < -0.3 is 20.1 Å². The minimum Gasteiger partial charge on any atom is -0.497 e. The number of anilines is 2. The standard InChI is InChI=1S/C23H25N3O3/c1-16-5-4-6-21(17(16)2)26-23(27)22-12-7-18(15-25-22)24-13-14-29-20-10-8-19(28-3)9-11-20/h4-12,15,24H,13-14H2,1-3H3,(H,26,27). The number of nitrogens with zero attached hydrogens (tertiary/aromatic N) is 1. The Labute approximate surface area is 170 Å². The Balaban J connectivity index is 1.48. The lowest BCUT2D eigenvalue weighted by atomic mass is 10.1. The highest BCUT2D eigenvalue weighted by Gasteiger charge is 2.10. The first-order valence-electron chi connectivity index (χ1n) is 9.41. The molecule has 0 fully saturated rings. The zero-order chi connectivity index (χ0) is 20.6. The normalized spacial score (nSPS) is 10.3. The molecule has 0 unspecified atom stereocenters. The first kappa shape index (κ1) is 20.2. The molecule has 150 valence electrons.